The monoisotopic (exact) mass is 315 g/mol. The smallest absolute Gasteiger partial charge is 0.243 e. The molecule has 1 rings (SSSR count). The first-order valence-corrected chi connectivity index (χ1v) is 8.58. The maximum absolute atomic E-state index is 11.0. The molecule has 1 aliphatic rings. The van der Waals surface area contributed by atoms with Crippen molar-refractivity contribution < 1.29 is 9.59 Å². The summed E-state index contributed by atoms with van der Waals surface area (Å²) in [6.45, 7) is 13.6. The lowest BCUT2D eigenvalue weighted by atomic mass is 9.95. The van der Waals surface area contributed by atoms with Gasteiger partial charge < -0.3 is 10.6 Å². The van der Waals surface area contributed by atoms with Gasteiger partial charge in [0.1, 0.15) is 0 Å². The van der Waals surface area contributed by atoms with Crippen molar-refractivity contribution >= 4 is 12.3 Å². The highest BCUT2D eigenvalue weighted by Crippen LogP contribution is 2.13. The number of amides is 2. The van der Waals surface area contributed by atoms with Gasteiger partial charge in [-0.25, -0.2) is 0 Å². The molecule has 0 bridgehead atoms. The van der Waals surface area contributed by atoms with E-state index in [1.165, 1.54) is 25.8 Å². The van der Waals surface area contributed by atoms with Gasteiger partial charge in [-0.15, -0.1) is 0 Å². The molecule has 1 saturated heterocycles. The molecule has 0 aromatic rings. The number of imide groups is 1. The van der Waals surface area contributed by atoms with Crippen molar-refractivity contribution in [2.45, 2.75) is 72.9 Å². The minimum atomic E-state index is -0.197. The summed E-state index contributed by atoms with van der Waals surface area (Å²) >= 11 is 0. The second-order valence-electron chi connectivity index (χ2n) is 5.83. The van der Waals surface area contributed by atoms with E-state index in [1.54, 1.807) is 20.9 Å². The zero-order chi connectivity index (χ0) is 17.5. The summed E-state index contributed by atoms with van der Waals surface area (Å²) in [7, 11) is 1.67. The van der Waals surface area contributed by atoms with Crippen molar-refractivity contribution in [2.24, 2.45) is 5.92 Å². The molecule has 0 radical (unpaired) electrons. The summed E-state index contributed by atoms with van der Waals surface area (Å²) < 4.78 is 0. The number of piperidine rings is 1. The minimum Gasteiger partial charge on any atom is -0.314 e. The van der Waals surface area contributed by atoms with Crippen molar-refractivity contribution in [3.63, 3.8) is 0 Å². The molecular weight excluding hydrogens is 278 g/mol. The van der Waals surface area contributed by atoms with Crippen LogP contribution in [0.5, 0.6) is 0 Å². The molecule has 1 unspecified atom stereocenters. The highest BCUT2D eigenvalue weighted by molar-refractivity contribution is 5.87. The summed E-state index contributed by atoms with van der Waals surface area (Å²) in [5, 5.41) is 6.21. The number of hydrogen-bond donors (Lipinski definition) is 2. The standard InChI is InChI=1S/C8H17N.C7H14N2O2.C2H6/c1-7(2)8-5-3-4-6-9-8;1-6(2)9(5-10)7(11)4-8-3;1-2/h7-9H,3-6H2,1-2H3;5-6,8H,4H2,1-3H3;1-2H3. The number of nitrogens with zero attached hydrogens (tertiary/aromatic N) is 1. The topological polar surface area (TPSA) is 61.4 Å². The van der Waals surface area contributed by atoms with Crippen LogP contribution in [0, 0.1) is 5.92 Å². The molecular formula is C17H37N3O2. The molecule has 5 nitrogen and oxygen atoms in total. The Morgan fingerprint density at radius 3 is 2.14 bits per heavy atom. The average Bonchev–Trinajstić information content (AvgIpc) is 2.51. The molecule has 1 fully saturated rings. The van der Waals surface area contributed by atoms with Crippen LogP contribution in [0.25, 0.3) is 0 Å². The van der Waals surface area contributed by atoms with Crippen LogP contribution in [0.2, 0.25) is 0 Å². The Bertz CT molecular complexity index is 275. The molecule has 1 atom stereocenters. The van der Waals surface area contributed by atoms with Crippen LogP contribution in [-0.4, -0.2) is 49.4 Å². The van der Waals surface area contributed by atoms with Gasteiger partial charge in [0.05, 0.1) is 6.54 Å². The van der Waals surface area contributed by atoms with Gasteiger partial charge >= 0.3 is 0 Å². The normalized spacial score (nSPS) is 17.0. The highest BCUT2D eigenvalue weighted by atomic mass is 16.2. The number of nitrogens with one attached hydrogen (secondary N) is 2. The molecule has 22 heavy (non-hydrogen) atoms. The van der Waals surface area contributed by atoms with Crippen LogP contribution in [-0.2, 0) is 9.59 Å². The number of likely N-dealkylation sites (N-methyl/N-ethyl adjacent to an activating group) is 1. The van der Waals surface area contributed by atoms with Crippen LogP contribution in [0.15, 0.2) is 0 Å². The first kappa shape index (κ1) is 23.3. The third kappa shape index (κ3) is 10.7. The first-order chi connectivity index (χ1) is 10.4. The van der Waals surface area contributed by atoms with Crippen LogP contribution < -0.4 is 10.6 Å². The summed E-state index contributed by atoms with van der Waals surface area (Å²) in [5.74, 6) is 0.628. The lowest BCUT2D eigenvalue weighted by Gasteiger charge is -2.26. The van der Waals surface area contributed by atoms with E-state index in [-0.39, 0.29) is 18.5 Å². The van der Waals surface area contributed by atoms with E-state index in [4.69, 9.17) is 0 Å². The van der Waals surface area contributed by atoms with Crippen LogP contribution in [0.1, 0.15) is 60.8 Å². The lowest BCUT2D eigenvalue weighted by molar-refractivity contribution is -0.139. The highest BCUT2D eigenvalue weighted by Gasteiger charge is 2.15. The van der Waals surface area contributed by atoms with Crippen molar-refractivity contribution in [2.75, 3.05) is 20.1 Å². The van der Waals surface area contributed by atoms with Crippen molar-refractivity contribution in [1.29, 1.82) is 0 Å². The fourth-order valence-electron chi connectivity index (χ4n) is 2.16. The summed E-state index contributed by atoms with van der Waals surface area (Å²) in [4.78, 5) is 22.6. The van der Waals surface area contributed by atoms with Gasteiger partial charge in [0.2, 0.25) is 12.3 Å². The van der Waals surface area contributed by atoms with E-state index in [0.29, 0.717) is 6.41 Å². The number of rotatable bonds is 5. The second kappa shape index (κ2) is 15.0. The molecule has 5 heteroatoms. The molecule has 132 valence electrons. The summed E-state index contributed by atoms with van der Waals surface area (Å²) in [5.41, 5.74) is 0. The molecule has 2 amide bonds. The van der Waals surface area contributed by atoms with Gasteiger partial charge in [-0.1, -0.05) is 34.1 Å². The zero-order valence-corrected chi connectivity index (χ0v) is 15.6. The third-order valence-electron chi connectivity index (χ3n) is 3.44. The Morgan fingerprint density at radius 1 is 1.27 bits per heavy atom. The van der Waals surface area contributed by atoms with Crippen LogP contribution >= 0.6 is 0 Å². The Morgan fingerprint density at radius 2 is 1.86 bits per heavy atom. The first-order valence-electron chi connectivity index (χ1n) is 8.58. The van der Waals surface area contributed by atoms with Gasteiger partial charge in [0.15, 0.2) is 0 Å². The van der Waals surface area contributed by atoms with Gasteiger partial charge in [-0.05, 0) is 46.2 Å². The van der Waals surface area contributed by atoms with Crippen LogP contribution in [0.4, 0.5) is 0 Å². The predicted octanol–water partition coefficient (Wildman–Crippen LogP) is 2.41. The lowest BCUT2D eigenvalue weighted by Crippen LogP contribution is -2.40. The number of hydrogen-bond acceptors (Lipinski definition) is 4. The van der Waals surface area contributed by atoms with Crippen molar-refractivity contribution in [1.82, 2.24) is 15.5 Å². The molecule has 2 N–H and O–H groups in total. The van der Waals surface area contributed by atoms with Crippen molar-refractivity contribution in [3.05, 3.63) is 0 Å². The van der Waals surface area contributed by atoms with E-state index >= 15 is 0 Å². The maximum Gasteiger partial charge on any atom is 0.243 e. The maximum atomic E-state index is 11.0. The SMILES string of the molecule is CC.CC(C)C1CCCCN1.CNCC(=O)N(C=O)C(C)C. The molecule has 0 aromatic carbocycles. The van der Waals surface area contributed by atoms with Crippen LogP contribution in [0.3, 0.4) is 0 Å². The Labute approximate surface area is 137 Å². The summed E-state index contributed by atoms with van der Waals surface area (Å²) in [6.07, 6.45) is 4.75. The molecule has 0 aromatic heterocycles. The van der Waals surface area contributed by atoms with E-state index in [2.05, 4.69) is 24.5 Å². The third-order valence-corrected chi connectivity index (χ3v) is 3.44. The fourth-order valence-corrected chi connectivity index (χ4v) is 2.16. The Balaban J connectivity index is 0. The molecule has 0 spiro atoms. The van der Waals surface area contributed by atoms with E-state index in [9.17, 15) is 9.59 Å². The largest absolute Gasteiger partial charge is 0.314 e. The quantitative estimate of drug-likeness (QED) is 0.765. The van der Waals surface area contributed by atoms with Gasteiger partial charge in [0.25, 0.3) is 0 Å². The van der Waals surface area contributed by atoms with E-state index in [1.807, 2.05) is 13.8 Å². The number of carbonyl (C=O) groups excluding carboxylic acids is 2. The zero-order valence-electron chi connectivity index (χ0n) is 15.6. The summed E-state index contributed by atoms with van der Waals surface area (Å²) in [6, 6.07) is 0.743. The molecule has 0 saturated carbocycles. The predicted molar refractivity (Wildman–Crippen MR) is 93.8 cm³/mol. The molecule has 1 heterocycles. The fraction of sp³-hybridized carbons (Fsp3) is 0.882. The minimum absolute atomic E-state index is 0.0617. The van der Waals surface area contributed by atoms with Gasteiger partial charge in [-0.3, -0.25) is 14.5 Å². The number of carbonyl (C=O) groups is 2. The van der Waals surface area contributed by atoms with Gasteiger partial charge in [0, 0.05) is 12.1 Å². The Hall–Kier alpha value is -0.940. The van der Waals surface area contributed by atoms with E-state index in [0.717, 1.165) is 16.9 Å². The van der Waals surface area contributed by atoms with E-state index < -0.39 is 0 Å². The van der Waals surface area contributed by atoms with Crippen molar-refractivity contribution in [3.8, 4) is 0 Å². The Kier molecular flexibility index (Phi) is 15.9. The molecule has 1 aliphatic heterocycles. The molecule has 0 aliphatic carbocycles. The van der Waals surface area contributed by atoms with Gasteiger partial charge in [-0.2, -0.15) is 0 Å². The average molecular weight is 316 g/mol. The second-order valence-corrected chi connectivity index (χ2v) is 5.83.